The molecule has 3 rings (SSSR count). The van der Waals surface area contributed by atoms with Gasteiger partial charge in [-0.1, -0.05) is 35.3 Å². The molecule has 1 aliphatic rings. The van der Waals surface area contributed by atoms with E-state index in [0.717, 1.165) is 9.13 Å². The minimum Gasteiger partial charge on any atom is -0.270 e. The summed E-state index contributed by atoms with van der Waals surface area (Å²) in [7, 11) is 0. The van der Waals surface area contributed by atoms with Gasteiger partial charge in [-0.25, -0.2) is 0 Å². The van der Waals surface area contributed by atoms with Crippen molar-refractivity contribution in [2.24, 2.45) is 0 Å². The highest BCUT2D eigenvalue weighted by Gasteiger charge is 2.35. The van der Waals surface area contributed by atoms with E-state index in [1.807, 2.05) is 0 Å². The topological polar surface area (TPSA) is 37.4 Å². The Kier molecular flexibility index (Phi) is 3.94. The van der Waals surface area contributed by atoms with Crippen LogP contribution in [0.1, 0.15) is 26.3 Å². The van der Waals surface area contributed by atoms with Crippen LogP contribution in [-0.2, 0) is 6.54 Å². The van der Waals surface area contributed by atoms with Gasteiger partial charge < -0.3 is 0 Å². The normalized spacial score (nSPS) is 13.8. The lowest BCUT2D eigenvalue weighted by Gasteiger charge is -2.16. The second kappa shape index (κ2) is 5.59. The van der Waals surface area contributed by atoms with Gasteiger partial charge in [-0.05, 0) is 52.4 Å². The number of carbonyl (C=O) groups is 2. The summed E-state index contributed by atoms with van der Waals surface area (Å²) in [5.74, 6) is -0.579. The summed E-state index contributed by atoms with van der Waals surface area (Å²) in [5, 5.41) is 0.988. The van der Waals surface area contributed by atoms with E-state index in [-0.39, 0.29) is 18.4 Å². The molecule has 0 fully saturated rings. The summed E-state index contributed by atoms with van der Waals surface area (Å²) < 4.78 is 0.787. The molecule has 0 aromatic heterocycles. The van der Waals surface area contributed by atoms with Gasteiger partial charge in [0.05, 0.1) is 22.7 Å². The Morgan fingerprint density at radius 1 is 1.00 bits per heavy atom. The minimum absolute atomic E-state index is 0.158. The Bertz CT molecular complexity index is 741. The summed E-state index contributed by atoms with van der Waals surface area (Å²) in [6.07, 6.45) is 0. The molecule has 0 saturated carbocycles. The zero-order valence-electron chi connectivity index (χ0n) is 10.6. The lowest BCUT2D eigenvalue weighted by atomic mass is 10.1. The van der Waals surface area contributed by atoms with E-state index in [9.17, 15) is 9.59 Å². The highest BCUT2D eigenvalue weighted by Crippen LogP contribution is 2.30. The molecule has 0 spiro atoms. The first-order valence-corrected chi connectivity index (χ1v) is 7.91. The molecule has 106 valence electrons. The van der Waals surface area contributed by atoms with E-state index in [1.165, 1.54) is 4.90 Å². The van der Waals surface area contributed by atoms with Crippen LogP contribution in [0.5, 0.6) is 0 Å². The fourth-order valence-electron chi connectivity index (χ4n) is 2.28. The Morgan fingerprint density at radius 3 is 2.14 bits per heavy atom. The van der Waals surface area contributed by atoms with E-state index in [1.54, 1.807) is 36.4 Å². The van der Waals surface area contributed by atoms with Crippen molar-refractivity contribution in [2.75, 3.05) is 0 Å². The Balaban J connectivity index is 1.98. The molecule has 0 aliphatic carbocycles. The molecule has 2 aromatic rings. The third kappa shape index (κ3) is 2.56. The largest absolute Gasteiger partial charge is 0.270 e. The zero-order chi connectivity index (χ0) is 15.1. The molecule has 0 bridgehead atoms. The van der Waals surface area contributed by atoms with E-state index in [2.05, 4.69) is 22.6 Å². The van der Waals surface area contributed by atoms with Gasteiger partial charge in [-0.15, -0.1) is 0 Å². The van der Waals surface area contributed by atoms with Crippen molar-refractivity contribution < 1.29 is 9.59 Å². The number of fused-ring (bicyclic) bond motifs is 1. The van der Waals surface area contributed by atoms with Gasteiger partial charge in [-0.2, -0.15) is 0 Å². The maximum atomic E-state index is 12.3. The predicted molar refractivity (Wildman–Crippen MR) is 89.8 cm³/mol. The third-order valence-electron chi connectivity index (χ3n) is 3.27. The molecular formula is C15H8Cl2INO2. The van der Waals surface area contributed by atoms with Crippen LogP contribution < -0.4 is 0 Å². The average Bonchev–Trinajstić information content (AvgIpc) is 2.70. The van der Waals surface area contributed by atoms with E-state index in [0.29, 0.717) is 21.2 Å². The molecule has 6 heteroatoms. The number of carbonyl (C=O) groups excluding carboxylic acids is 2. The molecule has 0 N–H and O–H groups in total. The number of hydrogen-bond acceptors (Lipinski definition) is 2. The molecule has 0 atom stereocenters. The zero-order valence-corrected chi connectivity index (χ0v) is 14.2. The Hall–Kier alpha value is -1.11. The molecular weight excluding hydrogens is 424 g/mol. The SMILES string of the molecule is O=C1c2ccccc2C(=O)N1Cc1cc(Cl)cc(Cl)c1I. The van der Waals surface area contributed by atoms with Crippen molar-refractivity contribution in [3.8, 4) is 0 Å². The lowest BCUT2D eigenvalue weighted by Crippen LogP contribution is -2.29. The first kappa shape index (κ1) is 14.8. The number of imide groups is 1. The van der Waals surface area contributed by atoms with Gasteiger partial charge in [0.1, 0.15) is 0 Å². The predicted octanol–water partition coefficient (Wildman–Crippen LogP) is 4.39. The van der Waals surface area contributed by atoms with Gasteiger partial charge in [0.25, 0.3) is 11.8 Å². The lowest BCUT2D eigenvalue weighted by molar-refractivity contribution is 0.0642. The molecule has 2 aromatic carbocycles. The Labute approximate surface area is 145 Å². The fourth-order valence-corrected chi connectivity index (χ4v) is 3.29. The van der Waals surface area contributed by atoms with Crippen molar-refractivity contribution in [3.63, 3.8) is 0 Å². The molecule has 0 radical (unpaired) electrons. The highest BCUT2D eigenvalue weighted by molar-refractivity contribution is 14.1. The fraction of sp³-hybridized carbons (Fsp3) is 0.0667. The van der Waals surface area contributed by atoms with Crippen LogP contribution in [0.3, 0.4) is 0 Å². The quantitative estimate of drug-likeness (QED) is 0.401. The van der Waals surface area contributed by atoms with Crippen LogP contribution in [0.4, 0.5) is 0 Å². The van der Waals surface area contributed by atoms with Gasteiger partial charge in [0, 0.05) is 8.59 Å². The van der Waals surface area contributed by atoms with Crippen molar-refractivity contribution in [2.45, 2.75) is 6.54 Å². The molecule has 0 unspecified atom stereocenters. The summed E-state index contributed by atoms with van der Waals surface area (Å²) in [6, 6.07) is 10.2. The maximum Gasteiger partial charge on any atom is 0.261 e. The molecule has 21 heavy (non-hydrogen) atoms. The number of nitrogens with zero attached hydrogens (tertiary/aromatic N) is 1. The first-order valence-electron chi connectivity index (χ1n) is 6.07. The maximum absolute atomic E-state index is 12.3. The van der Waals surface area contributed by atoms with E-state index < -0.39 is 0 Å². The first-order chi connectivity index (χ1) is 9.99. The number of benzene rings is 2. The Morgan fingerprint density at radius 2 is 1.57 bits per heavy atom. The third-order valence-corrected chi connectivity index (χ3v) is 5.38. The van der Waals surface area contributed by atoms with Gasteiger partial charge in [0.15, 0.2) is 0 Å². The number of amides is 2. The van der Waals surface area contributed by atoms with Crippen molar-refractivity contribution in [1.82, 2.24) is 4.90 Å². The number of halogens is 3. The van der Waals surface area contributed by atoms with Crippen LogP contribution >= 0.6 is 45.8 Å². The monoisotopic (exact) mass is 431 g/mol. The van der Waals surface area contributed by atoms with Crippen LogP contribution in [0, 0.1) is 3.57 Å². The van der Waals surface area contributed by atoms with Gasteiger partial charge in [0.2, 0.25) is 0 Å². The second-order valence-corrected chi connectivity index (χ2v) is 6.53. The van der Waals surface area contributed by atoms with Crippen LogP contribution in [-0.4, -0.2) is 16.7 Å². The van der Waals surface area contributed by atoms with Crippen LogP contribution in [0.2, 0.25) is 10.0 Å². The van der Waals surface area contributed by atoms with Crippen LogP contribution in [0.25, 0.3) is 0 Å². The van der Waals surface area contributed by atoms with Gasteiger partial charge in [-0.3, -0.25) is 14.5 Å². The minimum atomic E-state index is -0.289. The van der Waals surface area contributed by atoms with Gasteiger partial charge >= 0.3 is 0 Å². The van der Waals surface area contributed by atoms with Crippen LogP contribution in [0.15, 0.2) is 36.4 Å². The van der Waals surface area contributed by atoms with Crippen molar-refractivity contribution >= 4 is 57.6 Å². The van der Waals surface area contributed by atoms with Crippen molar-refractivity contribution in [1.29, 1.82) is 0 Å². The highest BCUT2D eigenvalue weighted by atomic mass is 127. The number of hydrogen-bond donors (Lipinski definition) is 0. The molecule has 3 nitrogen and oxygen atoms in total. The van der Waals surface area contributed by atoms with E-state index >= 15 is 0 Å². The average molecular weight is 432 g/mol. The molecule has 1 aliphatic heterocycles. The second-order valence-electron chi connectivity index (χ2n) is 4.60. The molecule has 2 amide bonds. The van der Waals surface area contributed by atoms with E-state index in [4.69, 9.17) is 23.2 Å². The van der Waals surface area contributed by atoms with Crippen molar-refractivity contribution in [3.05, 3.63) is 66.7 Å². The smallest absolute Gasteiger partial charge is 0.261 e. The summed E-state index contributed by atoms with van der Waals surface area (Å²) in [6.45, 7) is 0.158. The summed E-state index contributed by atoms with van der Waals surface area (Å²) in [5.41, 5.74) is 1.62. The summed E-state index contributed by atoms with van der Waals surface area (Å²) >= 11 is 14.2. The summed E-state index contributed by atoms with van der Waals surface area (Å²) in [4.78, 5) is 25.9. The number of rotatable bonds is 2. The molecule has 1 heterocycles. The standard InChI is InChI=1S/C15H8Cl2INO2/c16-9-5-8(13(18)12(17)6-9)7-19-14(20)10-3-1-2-4-11(10)15(19)21/h1-6H,7H2. The molecule has 0 saturated heterocycles.